The lowest BCUT2D eigenvalue weighted by Crippen LogP contribution is -2.23. The summed E-state index contributed by atoms with van der Waals surface area (Å²) in [7, 11) is 0. The number of anilines is 2. The van der Waals surface area contributed by atoms with Gasteiger partial charge in [0.2, 0.25) is 0 Å². The molecule has 0 saturated carbocycles. The van der Waals surface area contributed by atoms with E-state index in [0.29, 0.717) is 16.9 Å². The molecule has 88 valence electrons. The molecule has 1 aromatic rings. The van der Waals surface area contributed by atoms with Gasteiger partial charge in [0.25, 0.3) is 0 Å². The van der Waals surface area contributed by atoms with Gasteiger partial charge >= 0.3 is 0 Å². The molecule has 1 aromatic carbocycles. The summed E-state index contributed by atoms with van der Waals surface area (Å²) in [6.07, 6.45) is -0.821. The zero-order valence-electron chi connectivity index (χ0n) is 9.10. The fourth-order valence-electron chi connectivity index (χ4n) is 1.27. The summed E-state index contributed by atoms with van der Waals surface area (Å²) < 4.78 is 0. The van der Waals surface area contributed by atoms with Gasteiger partial charge in [-0.3, -0.25) is 4.79 Å². The predicted octanol–water partition coefficient (Wildman–Crippen LogP) is 0.236. The van der Waals surface area contributed by atoms with Crippen LogP contribution in [0.3, 0.4) is 0 Å². The normalized spacial score (nSPS) is 12.2. The molecule has 1 rings (SSSR count). The lowest BCUT2D eigenvalue weighted by atomic mass is 10.1. The fraction of sp³-hybridized carbons (Fsp3) is 0.364. The molecular formula is C11H16N2O3. The maximum Gasteiger partial charge on any atom is 0.161 e. The molecule has 5 nitrogen and oxygen atoms in total. The Morgan fingerprint density at radius 1 is 1.56 bits per heavy atom. The Morgan fingerprint density at radius 2 is 2.25 bits per heavy atom. The van der Waals surface area contributed by atoms with E-state index in [9.17, 15) is 4.79 Å². The van der Waals surface area contributed by atoms with Gasteiger partial charge in [0.1, 0.15) is 0 Å². The van der Waals surface area contributed by atoms with Gasteiger partial charge in [-0.1, -0.05) is 0 Å². The Kier molecular flexibility index (Phi) is 4.28. The van der Waals surface area contributed by atoms with Crippen molar-refractivity contribution in [3.05, 3.63) is 23.8 Å². The highest BCUT2D eigenvalue weighted by atomic mass is 16.3. The van der Waals surface area contributed by atoms with Crippen molar-refractivity contribution in [3.63, 3.8) is 0 Å². The van der Waals surface area contributed by atoms with E-state index in [1.807, 2.05) is 0 Å². The van der Waals surface area contributed by atoms with E-state index in [1.54, 1.807) is 18.2 Å². The SMILES string of the molecule is CC(=O)c1cc(NCC(O)CO)ccc1N. The van der Waals surface area contributed by atoms with E-state index < -0.39 is 6.10 Å². The first kappa shape index (κ1) is 12.5. The molecule has 0 amide bonds. The number of benzene rings is 1. The molecule has 0 radical (unpaired) electrons. The van der Waals surface area contributed by atoms with E-state index in [2.05, 4.69) is 5.32 Å². The summed E-state index contributed by atoms with van der Waals surface area (Å²) in [4.78, 5) is 11.2. The van der Waals surface area contributed by atoms with Crippen molar-refractivity contribution >= 4 is 17.2 Å². The number of carbonyl (C=O) groups excluding carboxylic acids is 1. The van der Waals surface area contributed by atoms with Crippen LogP contribution in [-0.4, -0.2) is 35.3 Å². The van der Waals surface area contributed by atoms with Crippen molar-refractivity contribution in [2.24, 2.45) is 0 Å². The minimum Gasteiger partial charge on any atom is -0.398 e. The van der Waals surface area contributed by atoms with E-state index in [-0.39, 0.29) is 18.9 Å². The van der Waals surface area contributed by atoms with Crippen LogP contribution in [-0.2, 0) is 0 Å². The van der Waals surface area contributed by atoms with Crippen LogP contribution in [0.15, 0.2) is 18.2 Å². The maximum atomic E-state index is 11.2. The number of ketones is 1. The molecule has 1 atom stereocenters. The minimum absolute atomic E-state index is 0.108. The molecule has 0 aliphatic rings. The summed E-state index contributed by atoms with van der Waals surface area (Å²) in [5.74, 6) is -0.108. The van der Waals surface area contributed by atoms with Crippen LogP contribution in [0.25, 0.3) is 0 Å². The van der Waals surface area contributed by atoms with Gasteiger partial charge < -0.3 is 21.3 Å². The average molecular weight is 224 g/mol. The van der Waals surface area contributed by atoms with Crippen molar-refractivity contribution in [1.82, 2.24) is 0 Å². The Hall–Kier alpha value is -1.59. The topological polar surface area (TPSA) is 95.6 Å². The molecular weight excluding hydrogens is 208 g/mol. The average Bonchev–Trinajstić information content (AvgIpc) is 2.27. The first-order valence-corrected chi connectivity index (χ1v) is 4.98. The second-order valence-electron chi connectivity index (χ2n) is 3.58. The number of rotatable bonds is 5. The monoisotopic (exact) mass is 224 g/mol. The largest absolute Gasteiger partial charge is 0.398 e. The number of Topliss-reactive ketones (excluding diaryl/α,β-unsaturated/α-hetero) is 1. The Morgan fingerprint density at radius 3 is 2.81 bits per heavy atom. The van der Waals surface area contributed by atoms with Crippen LogP contribution in [0.1, 0.15) is 17.3 Å². The zero-order valence-corrected chi connectivity index (χ0v) is 9.10. The highest BCUT2D eigenvalue weighted by molar-refractivity contribution is 5.99. The smallest absolute Gasteiger partial charge is 0.161 e. The van der Waals surface area contributed by atoms with Crippen LogP contribution < -0.4 is 11.1 Å². The molecule has 0 fully saturated rings. The highest BCUT2D eigenvalue weighted by Gasteiger charge is 2.06. The third-order valence-corrected chi connectivity index (χ3v) is 2.19. The highest BCUT2D eigenvalue weighted by Crippen LogP contribution is 2.18. The van der Waals surface area contributed by atoms with Crippen molar-refractivity contribution in [1.29, 1.82) is 0 Å². The lowest BCUT2D eigenvalue weighted by Gasteiger charge is -2.11. The molecule has 0 aromatic heterocycles. The minimum atomic E-state index is -0.821. The van der Waals surface area contributed by atoms with Crippen LogP contribution in [0, 0.1) is 0 Å². The van der Waals surface area contributed by atoms with E-state index >= 15 is 0 Å². The van der Waals surface area contributed by atoms with Gasteiger partial charge in [-0.05, 0) is 25.1 Å². The van der Waals surface area contributed by atoms with Crippen molar-refractivity contribution in [3.8, 4) is 0 Å². The Balaban J connectivity index is 2.75. The molecule has 0 heterocycles. The lowest BCUT2D eigenvalue weighted by molar-refractivity contribution is 0.101. The third-order valence-electron chi connectivity index (χ3n) is 2.19. The van der Waals surface area contributed by atoms with Gasteiger partial charge in [0, 0.05) is 23.5 Å². The van der Waals surface area contributed by atoms with Crippen molar-refractivity contribution in [2.75, 3.05) is 24.2 Å². The van der Waals surface area contributed by atoms with Crippen molar-refractivity contribution in [2.45, 2.75) is 13.0 Å². The summed E-state index contributed by atoms with van der Waals surface area (Å²) in [5, 5.41) is 20.7. The van der Waals surface area contributed by atoms with Crippen LogP contribution in [0.2, 0.25) is 0 Å². The van der Waals surface area contributed by atoms with E-state index in [1.165, 1.54) is 6.92 Å². The first-order chi connectivity index (χ1) is 7.54. The van der Waals surface area contributed by atoms with Gasteiger partial charge in [-0.15, -0.1) is 0 Å². The zero-order chi connectivity index (χ0) is 12.1. The third kappa shape index (κ3) is 3.22. The van der Waals surface area contributed by atoms with Gasteiger partial charge in [-0.2, -0.15) is 0 Å². The number of nitrogen functional groups attached to an aromatic ring is 1. The van der Waals surface area contributed by atoms with Crippen LogP contribution in [0.5, 0.6) is 0 Å². The quantitative estimate of drug-likeness (QED) is 0.424. The number of hydrogen-bond donors (Lipinski definition) is 4. The van der Waals surface area contributed by atoms with E-state index in [4.69, 9.17) is 15.9 Å². The van der Waals surface area contributed by atoms with Crippen LogP contribution >= 0.6 is 0 Å². The van der Waals surface area contributed by atoms with Gasteiger partial charge in [0.05, 0.1) is 12.7 Å². The van der Waals surface area contributed by atoms with E-state index in [0.717, 1.165) is 0 Å². The standard InChI is InChI=1S/C11H16N2O3/c1-7(15)10-4-8(2-3-11(10)12)13-5-9(16)6-14/h2-4,9,13-14,16H,5-6,12H2,1H3. The molecule has 0 aliphatic heterocycles. The number of nitrogens with two attached hydrogens (primary N) is 1. The second kappa shape index (κ2) is 5.48. The number of nitrogens with one attached hydrogen (secondary N) is 1. The fourth-order valence-corrected chi connectivity index (χ4v) is 1.27. The number of aliphatic hydroxyl groups is 2. The molecule has 5 N–H and O–H groups in total. The Bertz CT molecular complexity index is 379. The molecule has 0 saturated heterocycles. The number of hydrogen-bond acceptors (Lipinski definition) is 5. The molecule has 16 heavy (non-hydrogen) atoms. The molecule has 0 spiro atoms. The van der Waals surface area contributed by atoms with Gasteiger partial charge in [0.15, 0.2) is 5.78 Å². The predicted molar refractivity (Wildman–Crippen MR) is 62.4 cm³/mol. The maximum absolute atomic E-state index is 11.2. The van der Waals surface area contributed by atoms with Crippen molar-refractivity contribution < 1.29 is 15.0 Å². The first-order valence-electron chi connectivity index (χ1n) is 4.98. The molecule has 0 aliphatic carbocycles. The Labute approximate surface area is 93.9 Å². The summed E-state index contributed by atoms with van der Waals surface area (Å²) in [6.45, 7) is 1.36. The molecule has 1 unspecified atom stereocenters. The number of carbonyl (C=O) groups is 1. The van der Waals surface area contributed by atoms with Gasteiger partial charge in [-0.25, -0.2) is 0 Å². The summed E-state index contributed by atoms with van der Waals surface area (Å²) >= 11 is 0. The summed E-state index contributed by atoms with van der Waals surface area (Å²) in [5.41, 5.74) is 7.20. The second-order valence-corrected chi connectivity index (χ2v) is 3.58. The molecule has 0 bridgehead atoms. The van der Waals surface area contributed by atoms with Crippen LogP contribution in [0.4, 0.5) is 11.4 Å². The molecule has 5 heteroatoms. The summed E-state index contributed by atoms with van der Waals surface area (Å²) in [6, 6.07) is 4.97. The number of aliphatic hydroxyl groups excluding tert-OH is 2.